The molecule has 0 radical (unpaired) electrons. The second-order valence-electron chi connectivity index (χ2n) is 8.98. The first-order valence-electron chi connectivity index (χ1n) is 11.9. The molecule has 1 aliphatic carbocycles. The number of carbonyl (C=O) groups excluding carboxylic acids is 1. The Labute approximate surface area is 220 Å². The Morgan fingerprint density at radius 1 is 1.09 bits per heavy atom. The van der Waals surface area contributed by atoms with Gasteiger partial charge in [-0.15, -0.1) is 12.8 Å². The van der Waals surface area contributed by atoms with Crippen LogP contribution in [-0.2, 0) is 17.6 Å². The second kappa shape index (κ2) is 12.7. The maximum atomic E-state index is 11.7. The Bertz CT molecular complexity index is 1000. The summed E-state index contributed by atoms with van der Waals surface area (Å²) in [6.45, 7) is 5.75. The Kier molecular flexibility index (Phi) is 9.99. The number of benzene rings is 1. The molecular weight excluding hydrogens is 558 g/mol. The highest BCUT2D eigenvalue weighted by Crippen LogP contribution is 2.46. The van der Waals surface area contributed by atoms with Crippen molar-refractivity contribution in [3.05, 3.63) is 55.7 Å². The van der Waals surface area contributed by atoms with Crippen molar-refractivity contribution in [1.82, 2.24) is 15.2 Å². The molecule has 2 aromatic rings. The van der Waals surface area contributed by atoms with Crippen LogP contribution >= 0.6 is 31.9 Å². The third-order valence-corrected chi connectivity index (χ3v) is 7.94. The number of pyridine rings is 1. The molecule has 0 bridgehead atoms. The van der Waals surface area contributed by atoms with Crippen LogP contribution < -0.4 is 5.32 Å². The van der Waals surface area contributed by atoms with Gasteiger partial charge in [0.25, 0.3) is 0 Å². The van der Waals surface area contributed by atoms with Crippen molar-refractivity contribution in [3.63, 3.8) is 0 Å². The molecule has 1 amide bonds. The molecule has 5 nitrogen and oxygen atoms in total. The van der Waals surface area contributed by atoms with Crippen LogP contribution in [-0.4, -0.2) is 47.1 Å². The van der Waals surface area contributed by atoms with E-state index >= 15 is 0 Å². The molecule has 3 aliphatic rings. The lowest BCUT2D eigenvalue weighted by Gasteiger charge is -2.36. The minimum Gasteiger partial charge on any atom is -0.508 e. The van der Waals surface area contributed by atoms with Crippen molar-refractivity contribution in [3.8, 4) is 18.6 Å². The fourth-order valence-corrected chi connectivity index (χ4v) is 6.34. The SMILES string of the molecule is C#C.C1CCNC1.CC(=O)N1CCC(C2c3ncc(Br)cc3CCc3cc(O)cc(Br)c32)CC1. The number of amides is 1. The smallest absolute Gasteiger partial charge is 0.219 e. The van der Waals surface area contributed by atoms with Crippen LogP contribution in [0.1, 0.15) is 60.9 Å². The third kappa shape index (κ3) is 6.41. The van der Waals surface area contributed by atoms with E-state index in [9.17, 15) is 9.90 Å². The van der Waals surface area contributed by atoms with Crippen LogP contribution in [0.4, 0.5) is 0 Å². The van der Waals surface area contributed by atoms with Gasteiger partial charge in [-0.1, -0.05) is 15.9 Å². The average Bonchev–Trinajstić information content (AvgIpc) is 3.37. The van der Waals surface area contributed by atoms with Gasteiger partial charge in [-0.2, -0.15) is 0 Å². The molecular formula is C27H33Br2N3O2. The molecule has 0 spiro atoms. The van der Waals surface area contributed by atoms with Gasteiger partial charge in [0.1, 0.15) is 5.75 Å². The number of nitrogens with one attached hydrogen (secondary N) is 1. The van der Waals surface area contributed by atoms with Crippen molar-refractivity contribution in [1.29, 1.82) is 0 Å². The summed E-state index contributed by atoms with van der Waals surface area (Å²) >= 11 is 7.28. The summed E-state index contributed by atoms with van der Waals surface area (Å²) in [5.41, 5.74) is 4.85. The summed E-state index contributed by atoms with van der Waals surface area (Å²) in [6.07, 6.45) is 16.4. The largest absolute Gasteiger partial charge is 0.508 e. The van der Waals surface area contributed by atoms with Crippen LogP contribution in [0, 0.1) is 18.8 Å². The number of phenols is 1. The first-order chi connectivity index (χ1) is 16.4. The van der Waals surface area contributed by atoms with E-state index in [1.807, 2.05) is 17.2 Å². The van der Waals surface area contributed by atoms with E-state index in [2.05, 4.69) is 56.1 Å². The molecule has 0 saturated carbocycles. The summed E-state index contributed by atoms with van der Waals surface area (Å²) in [4.78, 5) is 18.5. The number of aromatic nitrogens is 1. The molecule has 2 fully saturated rings. The van der Waals surface area contributed by atoms with Crippen LogP contribution in [0.3, 0.4) is 0 Å². The van der Waals surface area contributed by atoms with Crippen molar-refractivity contribution >= 4 is 37.8 Å². The van der Waals surface area contributed by atoms with E-state index in [-0.39, 0.29) is 11.8 Å². The van der Waals surface area contributed by atoms with Crippen LogP contribution in [0.15, 0.2) is 33.3 Å². The highest BCUT2D eigenvalue weighted by Gasteiger charge is 2.35. The lowest BCUT2D eigenvalue weighted by atomic mass is 9.76. The Morgan fingerprint density at radius 3 is 2.32 bits per heavy atom. The van der Waals surface area contributed by atoms with E-state index in [1.54, 1.807) is 13.0 Å². The number of likely N-dealkylation sites (tertiary alicyclic amines) is 1. The summed E-state index contributed by atoms with van der Waals surface area (Å²) in [6, 6.07) is 5.87. The van der Waals surface area contributed by atoms with Crippen LogP contribution in [0.2, 0.25) is 0 Å². The van der Waals surface area contributed by atoms with Gasteiger partial charge in [0.05, 0.1) is 5.69 Å². The van der Waals surface area contributed by atoms with E-state index in [1.165, 1.54) is 42.6 Å². The van der Waals surface area contributed by atoms with Gasteiger partial charge in [0, 0.05) is 41.1 Å². The van der Waals surface area contributed by atoms with Gasteiger partial charge in [-0.05, 0) is 108 Å². The van der Waals surface area contributed by atoms with Crippen molar-refractivity contribution < 1.29 is 9.90 Å². The lowest BCUT2D eigenvalue weighted by Crippen LogP contribution is -2.39. The second-order valence-corrected chi connectivity index (χ2v) is 10.7. The highest BCUT2D eigenvalue weighted by atomic mass is 79.9. The topological polar surface area (TPSA) is 65.5 Å². The van der Waals surface area contributed by atoms with Gasteiger partial charge in [0.15, 0.2) is 0 Å². The number of halogens is 2. The van der Waals surface area contributed by atoms with Gasteiger partial charge in [-0.25, -0.2) is 0 Å². The number of aromatic hydroxyl groups is 1. The Morgan fingerprint density at radius 2 is 1.74 bits per heavy atom. The number of terminal acetylenes is 1. The normalized spacial score (nSPS) is 19.4. The third-order valence-electron chi connectivity index (χ3n) is 6.85. The molecule has 1 aromatic carbocycles. The van der Waals surface area contributed by atoms with Gasteiger partial charge < -0.3 is 15.3 Å². The quantitative estimate of drug-likeness (QED) is 0.435. The molecule has 5 rings (SSSR count). The van der Waals surface area contributed by atoms with Crippen LogP contribution in [0.25, 0.3) is 0 Å². The molecule has 3 heterocycles. The van der Waals surface area contributed by atoms with Gasteiger partial charge in [-0.3, -0.25) is 9.78 Å². The molecule has 1 atom stereocenters. The summed E-state index contributed by atoms with van der Waals surface area (Å²) < 4.78 is 1.95. The highest BCUT2D eigenvalue weighted by molar-refractivity contribution is 9.10. The average molecular weight is 591 g/mol. The summed E-state index contributed by atoms with van der Waals surface area (Å²) in [7, 11) is 0. The van der Waals surface area contributed by atoms with E-state index in [0.29, 0.717) is 11.7 Å². The minimum atomic E-state index is 0.156. The van der Waals surface area contributed by atoms with E-state index in [0.717, 1.165) is 53.4 Å². The predicted octanol–water partition coefficient (Wildman–Crippen LogP) is 5.42. The zero-order valence-electron chi connectivity index (χ0n) is 19.7. The Balaban J connectivity index is 0.000000404. The molecule has 2 saturated heterocycles. The number of hydrogen-bond donors (Lipinski definition) is 2. The molecule has 182 valence electrons. The first kappa shape index (κ1) is 26.7. The lowest BCUT2D eigenvalue weighted by molar-refractivity contribution is -0.130. The fourth-order valence-electron chi connectivity index (χ4n) is 5.22. The first-order valence-corrected chi connectivity index (χ1v) is 13.5. The predicted molar refractivity (Wildman–Crippen MR) is 144 cm³/mol. The summed E-state index contributed by atoms with van der Waals surface area (Å²) in [5, 5.41) is 13.3. The molecule has 1 unspecified atom stereocenters. The molecule has 7 heteroatoms. The fraction of sp³-hybridized carbons (Fsp3) is 0.481. The maximum absolute atomic E-state index is 11.7. The number of hydrogen-bond acceptors (Lipinski definition) is 4. The molecule has 1 aromatic heterocycles. The van der Waals surface area contributed by atoms with Crippen molar-refractivity contribution in [2.75, 3.05) is 26.2 Å². The number of nitrogens with zero attached hydrogens (tertiary/aromatic N) is 2. The number of rotatable bonds is 1. The van der Waals surface area contributed by atoms with Gasteiger partial charge in [0.2, 0.25) is 5.91 Å². The number of phenolic OH excluding ortho intramolecular Hbond substituents is 1. The molecule has 34 heavy (non-hydrogen) atoms. The summed E-state index contributed by atoms with van der Waals surface area (Å²) in [5.74, 6) is 1.05. The standard InChI is InChI=1S/C21H22Br2N2O2.C4H9N.C2H2/c1-12(26)25-6-4-13(5-7-25)20-19-14(9-17(27)10-18(19)23)2-3-15-8-16(22)11-24-21(15)20;1-2-4-5-3-1;1-2/h8-11,13,20,27H,2-7H2,1H3;5H,1-4H2;1-2H. The number of fused-ring (bicyclic) bond motifs is 2. The van der Waals surface area contributed by atoms with E-state index in [4.69, 9.17) is 4.98 Å². The maximum Gasteiger partial charge on any atom is 0.219 e. The molecule has 2 N–H and O–H groups in total. The van der Waals surface area contributed by atoms with Crippen molar-refractivity contribution in [2.24, 2.45) is 5.92 Å². The van der Waals surface area contributed by atoms with E-state index < -0.39 is 0 Å². The monoisotopic (exact) mass is 589 g/mol. The number of aryl methyl sites for hydroxylation is 2. The Hall–Kier alpha value is -1.88. The zero-order valence-corrected chi connectivity index (χ0v) is 22.9. The minimum absolute atomic E-state index is 0.156. The molecule has 2 aliphatic heterocycles. The van der Waals surface area contributed by atoms with Crippen LogP contribution in [0.5, 0.6) is 5.75 Å². The zero-order chi connectivity index (χ0) is 24.7. The number of piperidine rings is 1. The van der Waals surface area contributed by atoms with Gasteiger partial charge >= 0.3 is 0 Å². The van der Waals surface area contributed by atoms with Crippen molar-refractivity contribution in [2.45, 2.75) is 51.4 Å². The number of carbonyl (C=O) groups is 1.